The van der Waals surface area contributed by atoms with Crippen molar-refractivity contribution in [2.75, 3.05) is 19.0 Å². The minimum atomic E-state index is -0.379. The van der Waals surface area contributed by atoms with Gasteiger partial charge in [0.05, 0.1) is 19.3 Å². The van der Waals surface area contributed by atoms with Gasteiger partial charge in [0.15, 0.2) is 0 Å². The number of hydrogen-bond acceptors (Lipinski definition) is 5. The summed E-state index contributed by atoms with van der Waals surface area (Å²) >= 11 is 1.30. The summed E-state index contributed by atoms with van der Waals surface area (Å²) in [4.78, 5) is 24.1. The van der Waals surface area contributed by atoms with Crippen LogP contribution in [0.2, 0.25) is 0 Å². The zero-order valence-electron chi connectivity index (χ0n) is 11.7. The Bertz CT molecular complexity index is 633. The fourth-order valence-corrected chi connectivity index (χ4v) is 2.47. The second-order valence-corrected chi connectivity index (χ2v) is 4.99. The first-order valence-electron chi connectivity index (χ1n) is 6.35. The van der Waals surface area contributed by atoms with Crippen molar-refractivity contribution in [1.82, 2.24) is 0 Å². The maximum atomic E-state index is 12.1. The lowest BCUT2D eigenvalue weighted by Gasteiger charge is -2.06. The van der Waals surface area contributed by atoms with Crippen LogP contribution in [0.1, 0.15) is 27.0 Å². The molecule has 0 aliphatic heterocycles. The molecule has 0 radical (unpaired) electrons. The quantitative estimate of drug-likeness (QED) is 0.862. The molecule has 0 unspecified atom stereocenters. The van der Waals surface area contributed by atoms with Crippen LogP contribution in [-0.2, 0) is 4.74 Å². The Balaban J connectivity index is 2.07. The van der Waals surface area contributed by atoms with Crippen LogP contribution in [0, 0.1) is 0 Å². The molecule has 0 bridgehead atoms. The van der Waals surface area contributed by atoms with Crippen molar-refractivity contribution in [3.63, 3.8) is 0 Å². The Hall–Kier alpha value is -2.34. The van der Waals surface area contributed by atoms with Gasteiger partial charge in [-0.3, -0.25) is 4.79 Å². The number of carbonyl (C=O) groups is 2. The van der Waals surface area contributed by atoms with Crippen LogP contribution in [0.25, 0.3) is 0 Å². The summed E-state index contributed by atoms with van der Waals surface area (Å²) < 4.78 is 10.0. The van der Waals surface area contributed by atoms with E-state index in [1.807, 2.05) is 0 Å². The van der Waals surface area contributed by atoms with Crippen molar-refractivity contribution in [3.05, 3.63) is 46.2 Å². The van der Waals surface area contributed by atoms with Crippen LogP contribution < -0.4 is 10.1 Å². The molecule has 1 aromatic carbocycles. The second kappa shape index (κ2) is 6.90. The number of benzene rings is 1. The molecule has 0 aliphatic carbocycles. The Morgan fingerprint density at radius 2 is 1.90 bits per heavy atom. The minimum Gasteiger partial charge on any atom is -0.495 e. The predicted molar refractivity (Wildman–Crippen MR) is 81.2 cm³/mol. The summed E-state index contributed by atoms with van der Waals surface area (Å²) in [7, 11) is 1.52. The summed E-state index contributed by atoms with van der Waals surface area (Å²) in [6.45, 7) is 2.08. The Labute approximate surface area is 126 Å². The third kappa shape index (κ3) is 3.61. The number of anilines is 1. The molecular formula is C15H15NO4S. The highest BCUT2D eigenvalue weighted by atomic mass is 32.1. The number of ether oxygens (including phenoxy) is 2. The average Bonchev–Trinajstić information content (AvgIpc) is 2.97. The predicted octanol–water partition coefficient (Wildman–Crippen LogP) is 3.19. The van der Waals surface area contributed by atoms with Gasteiger partial charge in [0, 0.05) is 5.69 Å². The molecular weight excluding hydrogens is 290 g/mol. The molecule has 1 aromatic heterocycles. The van der Waals surface area contributed by atoms with Gasteiger partial charge in [-0.2, -0.15) is 0 Å². The number of nitrogens with one attached hydrogen (secondary N) is 1. The molecule has 1 amide bonds. The SMILES string of the molecule is CCOC(=O)c1ccc(NC(=O)c2sccc2OC)cc1. The molecule has 2 rings (SSSR count). The van der Waals surface area contributed by atoms with Gasteiger partial charge >= 0.3 is 5.97 Å². The lowest BCUT2D eigenvalue weighted by molar-refractivity contribution is 0.0526. The summed E-state index contributed by atoms with van der Waals surface area (Å²) in [5.74, 6) is -0.0818. The standard InChI is InChI=1S/C15H15NO4S/c1-3-20-15(18)10-4-6-11(7-5-10)16-14(17)13-12(19-2)8-9-21-13/h4-9H,3H2,1-2H3,(H,16,17). The molecule has 0 saturated carbocycles. The highest BCUT2D eigenvalue weighted by Crippen LogP contribution is 2.25. The molecule has 0 spiro atoms. The van der Waals surface area contributed by atoms with Crippen molar-refractivity contribution in [3.8, 4) is 5.75 Å². The van der Waals surface area contributed by atoms with E-state index in [4.69, 9.17) is 9.47 Å². The number of methoxy groups -OCH3 is 1. The molecule has 6 heteroatoms. The molecule has 1 heterocycles. The molecule has 2 aromatic rings. The highest BCUT2D eigenvalue weighted by molar-refractivity contribution is 7.12. The molecule has 0 atom stereocenters. The zero-order chi connectivity index (χ0) is 15.2. The number of thiophene rings is 1. The van der Waals surface area contributed by atoms with Crippen LogP contribution in [0.5, 0.6) is 5.75 Å². The number of esters is 1. The molecule has 110 valence electrons. The van der Waals surface area contributed by atoms with Gasteiger partial charge in [0.1, 0.15) is 10.6 Å². The van der Waals surface area contributed by atoms with Gasteiger partial charge in [0.25, 0.3) is 5.91 Å². The molecule has 5 nitrogen and oxygen atoms in total. The number of amides is 1. The normalized spacial score (nSPS) is 10.0. The summed E-state index contributed by atoms with van der Waals surface area (Å²) in [6, 6.07) is 8.27. The number of carbonyl (C=O) groups excluding carboxylic acids is 2. The first-order valence-corrected chi connectivity index (χ1v) is 7.23. The third-order valence-corrected chi connectivity index (χ3v) is 3.60. The number of hydrogen-bond donors (Lipinski definition) is 1. The van der Waals surface area contributed by atoms with Gasteiger partial charge < -0.3 is 14.8 Å². The molecule has 0 aliphatic rings. The highest BCUT2D eigenvalue weighted by Gasteiger charge is 2.14. The van der Waals surface area contributed by atoms with E-state index in [9.17, 15) is 9.59 Å². The van der Waals surface area contributed by atoms with Crippen molar-refractivity contribution in [2.24, 2.45) is 0 Å². The van der Waals surface area contributed by atoms with E-state index in [0.717, 1.165) is 0 Å². The van der Waals surface area contributed by atoms with Gasteiger partial charge in [-0.1, -0.05) is 0 Å². The van der Waals surface area contributed by atoms with Crippen LogP contribution in [0.15, 0.2) is 35.7 Å². The van der Waals surface area contributed by atoms with E-state index in [0.29, 0.717) is 28.5 Å². The maximum Gasteiger partial charge on any atom is 0.338 e. The second-order valence-electron chi connectivity index (χ2n) is 4.07. The lowest BCUT2D eigenvalue weighted by atomic mass is 10.2. The van der Waals surface area contributed by atoms with E-state index in [2.05, 4.69) is 5.32 Å². The van der Waals surface area contributed by atoms with Crippen molar-refractivity contribution < 1.29 is 19.1 Å². The third-order valence-electron chi connectivity index (χ3n) is 2.71. The Morgan fingerprint density at radius 3 is 2.52 bits per heavy atom. The monoisotopic (exact) mass is 305 g/mol. The van der Waals surface area contributed by atoms with Crippen molar-refractivity contribution in [1.29, 1.82) is 0 Å². The van der Waals surface area contributed by atoms with Crippen LogP contribution >= 0.6 is 11.3 Å². The maximum absolute atomic E-state index is 12.1. The topological polar surface area (TPSA) is 64.6 Å². The van der Waals surface area contributed by atoms with Gasteiger partial charge in [-0.25, -0.2) is 4.79 Å². The van der Waals surface area contributed by atoms with Crippen LogP contribution in [0.4, 0.5) is 5.69 Å². The number of rotatable bonds is 5. The minimum absolute atomic E-state index is 0.245. The Morgan fingerprint density at radius 1 is 1.19 bits per heavy atom. The molecule has 0 fully saturated rings. The average molecular weight is 305 g/mol. The summed E-state index contributed by atoms with van der Waals surface area (Å²) in [6.07, 6.45) is 0. The molecule has 1 N–H and O–H groups in total. The molecule has 0 saturated heterocycles. The van der Waals surface area contributed by atoms with Gasteiger partial charge in [-0.05, 0) is 42.6 Å². The zero-order valence-corrected chi connectivity index (χ0v) is 12.5. The fraction of sp³-hybridized carbons (Fsp3) is 0.200. The van der Waals surface area contributed by atoms with E-state index in [-0.39, 0.29) is 11.9 Å². The van der Waals surface area contributed by atoms with E-state index in [1.165, 1.54) is 18.4 Å². The van der Waals surface area contributed by atoms with Gasteiger partial charge in [0.2, 0.25) is 0 Å². The van der Waals surface area contributed by atoms with E-state index < -0.39 is 0 Å². The van der Waals surface area contributed by atoms with Gasteiger partial charge in [-0.15, -0.1) is 11.3 Å². The summed E-state index contributed by atoms with van der Waals surface area (Å²) in [5.41, 5.74) is 1.05. The lowest BCUT2D eigenvalue weighted by Crippen LogP contribution is -2.11. The van der Waals surface area contributed by atoms with Crippen molar-refractivity contribution >= 4 is 28.9 Å². The first kappa shape index (κ1) is 15.1. The van der Waals surface area contributed by atoms with Crippen LogP contribution in [0.3, 0.4) is 0 Å². The largest absolute Gasteiger partial charge is 0.495 e. The van der Waals surface area contributed by atoms with Crippen molar-refractivity contribution in [2.45, 2.75) is 6.92 Å². The smallest absolute Gasteiger partial charge is 0.338 e. The Kier molecular flexibility index (Phi) is 4.94. The summed E-state index contributed by atoms with van der Waals surface area (Å²) in [5, 5.41) is 4.55. The molecule has 21 heavy (non-hydrogen) atoms. The van der Waals surface area contributed by atoms with Crippen LogP contribution in [-0.4, -0.2) is 25.6 Å². The first-order chi connectivity index (χ1) is 10.2. The van der Waals surface area contributed by atoms with E-state index >= 15 is 0 Å². The fourth-order valence-electron chi connectivity index (χ4n) is 1.72. The van der Waals surface area contributed by atoms with E-state index in [1.54, 1.807) is 42.6 Å².